The normalized spacial score (nSPS) is 31.7. The minimum Gasteiger partial charge on any atom is -0.351 e. The van der Waals surface area contributed by atoms with Crippen molar-refractivity contribution >= 4 is 47.3 Å². The molecule has 2 heterocycles. The van der Waals surface area contributed by atoms with Gasteiger partial charge in [0.25, 0.3) is 11.8 Å². The van der Waals surface area contributed by atoms with Crippen molar-refractivity contribution < 1.29 is 38.4 Å². The molecule has 1 aromatic rings. The van der Waals surface area contributed by atoms with Crippen molar-refractivity contribution in [2.24, 2.45) is 44.3 Å². The number of likely N-dealkylation sites (N-methyl/N-ethyl adjacent to an activating group) is 2. The molecule has 0 spiro atoms. The van der Waals surface area contributed by atoms with Gasteiger partial charge in [0.1, 0.15) is 24.2 Å². The van der Waals surface area contributed by atoms with Gasteiger partial charge in [-0.1, -0.05) is 89.2 Å². The van der Waals surface area contributed by atoms with E-state index in [0.717, 1.165) is 38.5 Å². The van der Waals surface area contributed by atoms with Crippen molar-refractivity contribution in [3.8, 4) is 0 Å². The van der Waals surface area contributed by atoms with Crippen LogP contribution in [-0.2, 0) is 28.8 Å². The predicted molar refractivity (Wildman–Crippen MR) is 291 cm³/mol. The fourth-order valence-corrected chi connectivity index (χ4v) is 14.0. The number of nitrogens with one attached hydrogen (secondary N) is 8. The monoisotopic (exact) mass is 1060 g/mol. The third kappa shape index (κ3) is 10.9. The summed E-state index contributed by atoms with van der Waals surface area (Å²) in [6, 6.07) is -0.159. The van der Waals surface area contributed by atoms with Crippen LogP contribution >= 0.6 is 0 Å². The van der Waals surface area contributed by atoms with Gasteiger partial charge >= 0.3 is 0 Å². The van der Waals surface area contributed by atoms with Crippen LogP contribution in [-0.4, -0.2) is 145 Å². The number of rotatable bonds is 16. The van der Waals surface area contributed by atoms with Gasteiger partial charge < -0.3 is 52.3 Å². The average Bonchev–Trinajstić information content (AvgIpc) is 4.15. The first-order valence-electron chi connectivity index (χ1n) is 28.1. The van der Waals surface area contributed by atoms with Crippen LogP contribution in [0.2, 0.25) is 0 Å². The van der Waals surface area contributed by atoms with E-state index in [1.54, 1.807) is 46.1 Å². The summed E-state index contributed by atoms with van der Waals surface area (Å²) in [7, 11) is 3.33. The third-order valence-electron chi connectivity index (χ3n) is 20.5. The summed E-state index contributed by atoms with van der Waals surface area (Å²) in [5.74, 6) is -2.21. The number of hydrogen-bond acceptors (Lipinski definition) is 10. The molecule has 14 unspecified atom stereocenters. The number of carbonyl (C=O) groups excluding carboxylic acids is 8. The van der Waals surface area contributed by atoms with E-state index >= 15 is 0 Å². The second-order valence-corrected chi connectivity index (χ2v) is 27.4. The summed E-state index contributed by atoms with van der Waals surface area (Å²) in [5, 5.41) is 24.5. The van der Waals surface area contributed by atoms with Gasteiger partial charge in [-0.2, -0.15) is 0 Å². The number of fused-ring (bicyclic) bond motifs is 4. The second kappa shape index (κ2) is 21.3. The Morgan fingerprint density at radius 2 is 0.908 bits per heavy atom. The van der Waals surface area contributed by atoms with Crippen molar-refractivity contribution in [1.82, 2.24) is 52.3 Å². The van der Waals surface area contributed by atoms with Crippen molar-refractivity contribution in [3.05, 3.63) is 35.4 Å². The molecule has 8 amide bonds. The lowest BCUT2D eigenvalue weighted by Crippen LogP contribution is -2.60. The summed E-state index contributed by atoms with van der Waals surface area (Å²) < 4.78 is 0. The topological polar surface area (TPSA) is 239 Å². The van der Waals surface area contributed by atoms with E-state index in [1.807, 2.05) is 41.5 Å². The molecule has 4 aliphatic carbocycles. The van der Waals surface area contributed by atoms with Crippen molar-refractivity contribution in [2.75, 3.05) is 27.2 Å². The molecule has 76 heavy (non-hydrogen) atoms. The molecule has 2 saturated heterocycles. The number of nitrogens with zero attached hydrogens (tertiary/aromatic N) is 2. The third-order valence-corrected chi connectivity index (χ3v) is 20.5. The summed E-state index contributed by atoms with van der Waals surface area (Å²) in [6.07, 6.45) is 6.16. The minimum atomic E-state index is -0.976. The summed E-state index contributed by atoms with van der Waals surface area (Å²) >= 11 is 0. The fourth-order valence-electron chi connectivity index (χ4n) is 14.0. The molecule has 18 heteroatoms. The zero-order chi connectivity index (χ0) is 56.4. The molecule has 1 aromatic carbocycles. The number of benzene rings is 1. The van der Waals surface area contributed by atoms with Gasteiger partial charge in [0, 0.05) is 48.4 Å². The predicted octanol–water partition coefficient (Wildman–Crippen LogP) is 4.02. The van der Waals surface area contributed by atoms with Gasteiger partial charge in [-0.3, -0.25) is 38.4 Å². The van der Waals surface area contributed by atoms with Crippen LogP contribution in [0.1, 0.15) is 169 Å². The Labute approximate surface area is 452 Å². The number of hydrogen-bond donors (Lipinski definition) is 8. The largest absolute Gasteiger partial charge is 0.351 e. The van der Waals surface area contributed by atoms with E-state index in [9.17, 15) is 38.4 Å². The van der Waals surface area contributed by atoms with Crippen LogP contribution in [0.25, 0.3) is 0 Å². The van der Waals surface area contributed by atoms with E-state index in [2.05, 4.69) is 84.1 Å². The first-order chi connectivity index (χ1) is 35.2. The molecule has 2 aliphatic heterocycles. The zero-order valence-electron chi connectivity index (χ0n) is 48.5. The van der Waals surface area contributed by atoms with E-state index in [1.165, 1.54) is 15.9 Å². The molecule has 0 radical (unpaired) electrons. The molecular formula is C58H92N10O8. The number of likely N-dealkylation sites (tertiary alicyclic amines) is 2. The summed E-state index contributed by atoms with van der Waals surface area (Å²) in [4.78, 5) is 117. The number of carbonyl (C=O) groups is 8. The van der Waals surface area contributed by atoms with Crippen molar-refractivity contribution in [1.29, 1.82) is 0 Å². The summed E-state index contributed by atoms with van der Waals surface area (Å²) in [6.45, 7) is 28.2. The molecular weight excluding hydrogens is 965 g/mol. The molecule has 7 rings (SSSR count). The van der Waals surface area contributed by atoms with Crippen LogP contribution in [0.3, 0.4) is 0 Å². The average molecular weight is 1060 g/mol. The lowest BCUT2D eigenvalue weighted by molar-refractivity contribution is -0.144. The SMILES string of the molecule is CNC(C)C(=O)NC(C(=O)N1CC(NC(=O)c2cccc(C(=O)NC3CC(C(=O)NC4CC5CCC4(C)C5(C)C)N(C(=O)C(NC(=O)C(C)NC)C(C)(C)C)C3)c2)CC1C(=O)NC1CC2CCC1(C)C2(C)C)C(C)(C)C. The standard InChI is InChI=1S/C58H92N10O8/c1-31(59-15)45(69)65-43(53(3,4)5)51(75)67-29-37(27-39(67)49(73)63-41-25-35-20-22-57(41,13)55(35,9)10)61-47(71)33-18-17-19-34(24-33)48(72)62-38-28-40(50(74)64-42-26-36-21-23-58(42,14)56(36,11)12)68(30-38)52(76)44(54(6,7)8)66-46(70)32(2)60-16/h17-19,24,31-32,35-44,59-60H,20-23,25-30H2,1-16H3,(H,61,71)(H,62,72)(H,63,73)(H,64,74)(H,65,69)(H,66,70). The maximum atomic E-state index is 14.7. The van der Waals surface area contributed by atoms with Gasteiger partial charge in [-0.05, 0) is 142 Å². The first-order valence-corrected chi connectivity index (χ1v) is 28.1. The Morgan fingerprint density at radius 1 is 0.553 bits per heavy atom. The van der Waals surface area contributed by atoms with Gasteiger partial charge in [0.2, 0.25) is 35.4 Å². The smallest absolute Gasteiger partial charge is 0.251 e. The quantitative estimate of drug-likeness (QED) is 0.118. The maximum absolute atomic E-state index is 14.7. The van der Waals surface area contributed by atoms with E-state index in [-0.39, 0.29) is 94.4 Å². The molecule has 0 aromatic heterocycles. The fraction of sp³-hybridized carbons (Fsp3) is 0.759. The van der Waals surface area contributed by atoms with Crippen LogP contribution in [0, 0.1) is 44.3 Å². The highest BCUT2D eigenvalue weighted by Gasteiger charge is 2.63. The van der Waals surface area contributed by atoms with Crippen LogP contribution in [0.5, 0.6) is 0 Å². The highest BCUT2D eigenvalue weighted by Crippen LogP contribution is 2.66. The van der Waals surface area contributed by atoms with Crippen molar-refractivity contribution in [3.63, 3.8) is 0 Å². The van der Waals surface area contributed by atoms with E-state index < -0.39 is 82.8 Å². The zero-order valence-corrected chi connectivity index (χ0v) is 48.5. The highest BCUT2D eigenvalue weighted by molar-refractivity contribution is 6.01. The van der Waals surface area contributed by atoms with Crippen molar-refractivity contribution in [2.45, 2.75) is 209 Å². The van der Waals surface area contributed by atoms with E-state index in [4.69, 9.17) is 0 Å². The Kier molecular flexibility index (Phi) is 16.4. The Balaban J connectivity index is 1.08. The van der Waals surface area contributed by atoms with Gasteiger partial charge in [0.05, 0.1) is 12.1 Å². The summed E-state index contributed by atoms with van der Waals surface area (Å²) in [5.41, 5.74) is -1.27. The molecule has 4 bridgehead atoms. The highest BCUT2D eigenvalue weighted by atomic mass is 16.2. The maximum Gasteiger partial charge on any atom is 0.251 e. The Bertz CT molecular complexity index is 2290. The molecule has 18 nitrogen and oxygen atoms in total. The molecule has 14 atom stereocenters. The molecule has 4 saturated carbocycles. The van der Waals surface area contributed by atoms with Crippen LogP contribution in [0.4, 0.5) is 0 Å². The number of amides is 8. The van der Waals surface area contributed by atoms with E-state index in [0.29, 0.717) is 11.8 Å². The van der Waals surface area contributed by atoms with Gasteiger partial charge in [-0.15, -0.1) is 0 Å². The lowest BCUT2D eigenvalue weighted by Gasteiger charge is -2.40. The van der Waals surface area contributed by atoms with Gasteiger partial charge in [-0.25, -0.2) is 0 Å². The molecule has 422 valence electrons. The Morgan fingerprint density at radius 3 is 1.20 bits per heavy atom. The molecule has 8 N–H and O–H groups in total. The minimum absolute atomic E-state index is 0.0150. The Hall–Kier alpha value is -5.10. The van der Waals surface area contributed by atoms with Crippen LogP contribution < -0.4 is 42.5 Å². The second-order valence-electron chi connectivity index (χ2n) is 27.4. The molecule has 6 aliphatic rings. The van der Waals surface area contributed by atoms with Crippen LogP contribution in [0.15, 0.2) is 24.3 Å². The first kappa shape index (κ1) is 58.6. The van der Waals surface area contributed by atoms with Gasteiger partial charge in [0.15, 0.2) is 0 Å². The lowest BCUT2D eigenvalue weighted by atomic mass is 9.69. The molecule has 6 fully saturated rings.